The molecule has 0 atom stereocenters. The second-order valence-electron chi connectivity index (χ2n) is 7.21. The van der Waals surface area contributed by atoms with Crippen molar-refractivity contribution in [1.29, 1.82) is 0 Å². The van der Waals surface area contributed by atoms with Crippen molar-refractivity contribution in [2.24, 2.45) is 5.92 Å². The fourth-order valence-corrected chi connectivity index (χ4v) is 2.66. The summed E-state index contributed by atoms with van der Waals surface area (Å²) in [6.45, 7) is 7.26. The van der Waals surface area contributed by atoms with Crippen LogP contribution in [0.1, 0.15) is 33.6 Å². The monoisotopic (exact) mass is 353 g/mol. The summed E-state index contributed by atoms with van der Waals surface area (Å²) in [5.41, 5.74) is -0.531. The second-order valence-corrected chi connectivity index (χ2v) is 7.21. The van der Waals surface area contributed by atoms with Gasteiger partial charge in [-0.25, -0.2) is 9.18 Å². The molecule has 0 aromatic heterocycles. The lowest BCUT2D eigenvalue weighted by molar-refractivity contribution is -0.385. The van der Waals surface area contributed by atoms with Crippen LogP contribution in [0.3, 0.4) is 0 Å². The van der Waals surface area contributed by atoms with Crippen LogP contribution in [-0.2, 0) is 4.74 Å². The molecule has 138 valence electrons. The molecule has 1 aromatic rings. The Kier molecular flexibility index (Phi) is 5.81. The number of halogens is 1. The zero-order valence-corrected chi connectivity index (χ0v) is 14.8. The number of likely N-dealkylation sites (tertiary alicyclic amines) is 1. The highest BCUT2D eigenvalue weighted by atomic mass is 19.1. The quantitative estimate of drug-likeness (QED) is 0.657. The lowest BCUT2D eigenvalue weighted by atomic mass is 9.97. The van der Waals surface area contributed by atoms with Gasteiger partial charge in [-0.2, -0.15) is 0 Å². The van der Waals surface area contributed by atoms with Gasteiger partial charge in [0.15, 0.2) is 5.82 Å². The molecule has 1 aromatic carbocycles. The van der Waals surface area contributed by atoms with Gasteiger partial charge in [-0.15, -0.1) is 0 Å². The Balaban J connectivity index is 1.81. The fraction of sp³-hybridized carbons (Fsp3) is 0.588. The molecule has 0 spiro atoms. The number of amides is 1. The van der Waals surface area contributed by atoms with Crippen LogP contribution in [0.2, 0.25) is 0 Å². The van der Waals surface area contributed by atoms with Gasteiger partial charge in [0.2, 0.25) is 0 Å². The molecule has 0 unspecified atom stereocenters. The van der Waals surface area contributed by atoms with Crippen molar-refractivity contribution < 1.29 is 18.8 Å². The van der Waals surface area contributed by atoms with Crippen LogP contribution in [0.5, 0.6) is 0 Å². The Morgan fingerprint density at radius 2 is 2.04 bits per heavy atom. The Morgan fingerprint density at radius 3 is 2.56 bits per heavy atom. The average Bonchev–Trinajstić information content (AvgIpc) is 2.52. The van der Waals surface area contributed by atoms with Gasteiger partial charge in [-0.1, -0.05) is 0 Å². The van der Waals surface area contributed by atoms with Gasteiger partial charge in [0.25, 0.3) is 5.69 Å². The number of hydrogen-bond acceptors (Lipinski definition) is 5. The van der Waals surface area contributed by atoms with Crippen LogP contribution >= 0.6 is 0 Å². The van der Waals surface area contributed by atoms with Crippen LogP contribution in [0.15, 0.2) is 18.2 Å². The van der Waals surface area contributed by atoms with Crippen molar-refractivity contribution in [1.82, 2.24) is 4.90 Å². The summed E-state index contributed by atoms with van der Waals surface area (Å²) in [4.78, 5) is 23.7. The molecule has 25 heavy (non-hydrogen) atoms. The normalized spacial score (nSPS) is 15.8. The number of non-ortho nitro benzene ring substituents is 1. The number of nitro benzene ring substituents is 1. The average molecular weight is 353 g/mol. The third kappa shape index (κ3) is 5.58. The van der Waals surface area contributed by atoms with Crippen molar-refractivity contribution in [3.63, 3.8) is 0 Å². The van der Waals surface area contributed by atoms with Gasteiger partial charge in [-0.3, -0.25) is 10.1 Å². The Labute approximate surface area is 146 Å². The molecule has 1 N–H and O–H groups in total. The van der Waals surface area contributed by atoms with E-state index < -0.39 is 16.3 Å². The van der Waals surface area contributed by atoms with E-state index in [2.05, 4.69) is 5.32 Å². The van der Waals surface area contributed by atoms with Gasteiger partial charge in [-0.05, 0) is 45.6 Å². The first-order chi connectivity index (χ1) is 11.7. The van der Waals surface area contributed by atoms with Crippen LogP contribution in [0.4, 0.5) is 20.6 Å². The minimum atomic E-state index is -0.639. The van der Waals surface area contributed by atoms with Crippen LogP contribution in [0, 0.1) is 21.8 Å². The lowest BCUT2D eigenvalue weighted by Crippen LogP contribution is -2.42. The van der Waals surface area contributed by atoms with E-state index in [9.17, 15) is 19.3 Å². The number of piperidine rings is 1. The van der Waals surface area contributed by atoms with E-state index >= 15 is 0 Å². The molecule has 0 saturated carbocycles. The van der Waals surface area contributed by atoms with Crippen molar-refractivity contribution in [2.75, 3.05) is 25.0 Å². The van der Waals surface area contributed by atoms with Crippen LogP contribution in [0.25, 0.3) is 0 Å². The molecule has 2 rings (SSSR count). The number of nitro groups is 1. The van der Waals surface area contributed by atoms with E-state index in [1.807, 2.05) is 20.8 Å². The molecule has 7 nitrogen and oxygen atoms in total. The number of benzene rings is 1. The first-order valence-electron chi connectivity index (χ1n) is 8.31. The number of nitrogens with zero attached hydrogens (tertiary/aromatic N) is 2. The van der Waals surface area contributed by atoms with Gasteiger partial charge >= 0.3 is 6.09 Å². The Bertz CT molecular complexity index is 637. The van der Waals surface area contributed by atoms with E-state index in [4.69, 9.17) is 4.74 Å². The smallest absolute Gasteiger partial charge is 0.410 e. The molecule has 1 aliphatic rings. The van der Waals surface area contributed by atoms with E-state index in [1.54, 1.807) is 4.90 Å². The molecule has 0 aliphatic carbocycles. The zero-order valence-electron chi connectivity index (χ0n) is 14.8. The minimum absolute atomic E-state index is 0.250. The highest BCUT2D eigenvalue weighted by molar-refractivity contribution is 5.68. The van der Waals surface area contributed by atoms with E-state index in [0.717, 1.165) is 18.9 Å². The number of carbonyl (C=O) groups excluding carboxylic acids is 1. The molecule has 0 radical (unpaired) electrons. The number of ether oxygens (including phenoxy) is 1. The van der Waals surface area contributed by atoms with Crippen molar-refractivity contribution in [3.05, 3.63) is 34.1 Å². The lowest BCUT2D eigenvalue weighted by Gasteiger charge is -2.33. The zero-order chi connectivity index (χ0) is 18.6. The van der Waals surface area contributed by atoms with E-state index in [1.165, 1.54) is 12.1 Å². The minimum Gasteiger partial charge on any atom is -0.444 e. The Hall–Kier alpha value is -2.38. The maximum Gasteiger partial charge on any atom is 0.410 e. The number of anilines is 1. The second kappa shape index (κ2) is 7.67. The standard InChI is InChI=1S/C17H24FN3O4/c1-17(2,3)25-16(22)20-8-6-12(7-9-20)11-19-15-5-4-13(21(23)24)10-14(15)18/h4-5,10,12,19H,6-9,11H2,1-3H3. The van der Waals surface area contributed by atoms with Crippen molar-refractivity contribution >= 4 is 17.5 Å². The SMILES string of the molecule is CC(C)(C)OC(=O)N1CCC(CNc2ccc([N+](=O)[O-])cc2F)CC1. The molecule has 1 saturated heterocycles. The number of hydrogen-bond donors (Lipinski definition) is 1. The molecule has 0 bridgehead atoms. The van der Waals surface area contributed by atoms with Gasteiger partial charge in [0.05, 0.1) is 16.7 Å². The van der Waals surface area contributed by atoms with Crippen LogP contribution < -0.4 is 5.32 Å². The van der Waals surface area contributed by atoms with Crippen molar-refractivity contribution in [2.45, 2.75) is 39.2 Å². The number of rotatable bonds is 4. The summed E-state index contributed by atoms with van der Waals surface area (Å²) in [6.07, 6.45) is 1.28. The maximum absolute atomic E-state index is 13.9. The highest BCUT2D eigenvalue weighted by Gasteiger charge is 2.26. The fourth-order valence-electron chi connectivity index (χ4n) is 2.66. The highest BCUT2D eigenvalue weighted by Crippen LogP contribution is 2.23. The predicted molar refractivity (Wildman–Crippen MR) is 92.1 cm³/mol. The van der Waals surface area contributed by atoms with E-state index in [-0.39, 0.29) is 17.5 Å². The molecular weight excluding hydrogens is 329 g/mol. The number of carbonyl (C=O) groups is 1. The first kappa shape index (κ1) is 19.0. The third-order valence-electron chi connectivity index (χ3n) is 4.01. The first-order valence-corrected chi connectivity index (χ1v) is 8.31. The summed E-state index contributed by atoms with van der Waals surface area (Å²) < 4.78 is 19.2. The molecule has 1 heterocycles. The summed E-state index contributed by atoms with van der Waals surface area (Å²) >= 11 is 0. The van der Waals surface area contributed by atoms with Gasteiger partial charge in [0, 0.05) is 25.7 Å². The van der Waals surface area contributed by atoms with Crippen LogP contribution in [-0.4, -0.2) is 41.2 Å². The van der Waals surface area contributed by atoms with Gasteiger partial charge in [0.1, 0.15) is 5.60 Å². The molecule has 1 amide bonds. The molecule has 8 heteroatoms. The molecular formula is C17H24FN3O4. The summed E-state index contributed by atoms with van der Waals surface area (Å²) in [5.74, 6) is -0.339. The maximum atomic E-state index is 13.9. The summed E-state index contributed by atoms with van der Waals surface area (Å²) in [7, 11) is 0. The molecule has 1 aliphatic heterocycles. The van der Waals surface area contributed by atoms with Gasteiger partial charge < -0.3 is 15.0 Å². The summed E-state index contributed by atoms with van der Waals surface area (Å²) in [6, 6.07) is 3.56. The largest absolute Gasteiger partial charge is 0.444 e. The topological polar surface area (TPSA) is 84.7 Å². The third-order valence-corrected chi connectivity index (χ3v) is 4.01. The Morgan fingerprint density at radius 1 is 1.40 bits per heavy atom. The van der Waals surface area contributed by atoms with E-state index in [0.29, 0.717) is 25.6 Å². The molecule has 1 fully saturated rings. The number of nitrogens with one attached hydrogen (secondary N) is 1. The summed E-state index contributed by atoms with van der Waals surface area (Å²) in [5, 5.41) is 13.6. The van der Waals surface area contributed by atoms with Crippen molar-refractivity contribution in [3.8, 4) is 0 Å². The predicted octanol–water partition coefficient (Wildman–Crippen LogP) is 3.79.